The summed E-state index contributed by atoms with van der Waals surface area (Å²) >= 11 is 0. The van der Waals surface area contributed by atoms with Gasteiger partial charge in [-0.05, 0) is 51.6 Å². The summed E-state index contributed by atoms with van der Waals surface area (Å²) in [4.78, 5) is 15.0. The first-order valence-electron chi connectivity index (χ1n) is 9.82. The van der Waals surface area contributed by atoms with Gasteiger partial charge in [-0.15, -0.1) is 17.5 Å². The van der Waals surface area contributed by atoms with Crippen molar-refractivity contribution in [2.24, 2.45) is 13.0 Å². The van der Waals surface area contributed by atoms with Crippen LogP contribution in [-0.4, -0.2) is 56.9 Å². The second kappa shape index (κ2) is 8.91. The van der Waals surface area contributed by atoms with Gasteiger partial charge in [0.15, 0.2) is 11.5 Å². The first kappa shape index (κ1) is 20.6. The number of amides is 1. The zero-order valence-electron chi connectivity index (χ0n) is 16.5. The van der Waals surface area contributed by atoms with Crippen LogP contribution in [0.1, 0.15) is 41.9 Å². The standard InChI is InChI=1S/C18H28N8O.ClH/c1-13-16(17(22-24(13)2)25-8-3-4-9-25)20-18(27)15-12-26(23-21-15)11-14-6-5-7-19-10-14;/h12,14,19H,3-11H2,1-2H3,(H,20,27);1H. The Balaban J connectivity index is 0.00000225. The smallest absolute Gasteiger partial charge is 0.277 e. The maximum absolute atomic E-state index is 12.8. The first-order chi connectivity index (χ1) is 13.1. The Morgan fingerprint density at radius 1 is 1.32 bits per heavy atom. The maximum atomic E-state index is 12.8. The molecule has 4 rings (SSSR count). The monoisotopic (exact) mass is 408 g/mol. The van der Waals surface area contributed by atoms with E-state index < -0.39 is 0 Å². The van der Waals surface area contributed by atoms with Gasteiger partial charge >= 0.3 is 0 Å². The zero-order chi connectivity index (χ0) is 18.8. The molecule has 2 fully saturated rings. The molecule has 2 saturated heterocycles. The van der Waals surface area contributed by atoms with Crippen molar-refractivity contribution in [1.29, 1.82) is 0 Å². The summed E-state index contributed by atoms with van der Waals surface area (Å²) in [5.74, 6) is 1.15. The largest absolute Gasteiger partial charge is 0.353 e. The highest BCUT2D eigenvalue weighted by Gasteiger charge is 2.24. The molecule has 2 aliphatic heterocycles. The molecule has 2 aromatic heterocycles. The molecule has 2 N–H and O–H groups in total. The predicted octanol–water partition coefficient (Wildman–Crippen LogP) is 1.59. The van der Waals surface area contributed by atoms with Crippen molar-refractivity contribution in [1.82, 2.24) is 30.1 Å². The maximum Gasteiger partial charge on any atom is 0.277 e. The van der Waals surface area contributed by atoms with Crippen LogP contribution in [0, 0.1) is 12.8 Å². The lowest BCUT2D eigenvalue weighted by Crippen LogP contribution is -2.32. The average Bonchev–Trinajstić information content (AvgIpc) is 3.40. The topological polar surface area (TPSA) is 92.9 Å². The molecule has 10 heteroatoms. The summed E-state index contributed by atoms with van der Waals surface area (Å²) in [7, 11) is 1.90. The van der Waals surface area contributed by atoms with E-state index in [9.17, 15) is 4.79 Å². The molecule has 0 bridgehead atoms. The fraction of sp³-hybridized carbons (Fsp3) is 0.667. The van der Waals surface area contributed by atoms with E-state index in [4.69, 9.17) is 0 Å². The van der Waals surface area contributed by atoms with E-state index in [2.05, 4.69) is 30.9 Å². The number of piperidine rings is 1. The lowest BCUT2D eigenvalue weighted by molar-refractivity contribution is 0.102. The molecular formula is C18H29ClN8O. The van der Waals surface area contributed by atoms with Crippen molar-refractivity contribution in [3.63, 3.8) is 0 Å². The van der Waals surface area contributed by atoms with E-state index in [-0.39, 0.29) is 18.3 Å². The molecule has 0 aromatic carbocycles. The normalized spacial score (nSPS) is 19.5. The van der Waals surface area contributed by atoms with Crippen LogP contribution in [0.2, 0.25) is 0 Å². The third-order valence-corrected chi connectivity index (χ3v) is 5.58. The second-order valence-electron chi connectivity index (χ2n) is 7.59. The highest BCUT2D eigenvalue weighted by molar-refractivity contribution is 6.04. The Bertz CT molecular complexity index is 805. The molecule has 0 radical (unpaired) electrons. The Kier molecular flexibility index (Phi) is 6.56. The fourth-order valence-electron chi connectivity index (χ4n) is 3.90. The number of hydrogen-bond acceptors (Lipinski definition) is 6. The van der Waals surface area contributed by atoms with Crippen molar-refractivity contribution in [3.8, 4) is 0 Å². The molecule has 1 unspecified atom stereocenters. The Morgan fingerprint density at radius 2 is 2.11 bits per heavy atom. The molecule has 2 aliphatic rings. The van der Waals surface area contributed by atoms with Crippen LogP contribution in [-0.2, 0) is 13.6 Å². The van der Waals surface area contributed by atoms with E-state index in [0.717, 1.165) is 62.8 Å². The van der Waals surface area contributed by atoms with Crippen molar-refractivity contribution in [2.75, 3.05) is 36.4 Å². The lowest BCUT2D eigenvalue weighted by Gasteiger charge is -2.22. The third kappa shape index (κ3) is 4.30. The highest BCUT2D eigenvalue weighted by Crippen LogP contribution is 2.30. The number of halogens is 1. The van der Waals surface area contributed by atoms with E-state index in [1.807, 2.05) is 18.7 Å². The van der Waals surface area contributed by atoms with Crippen molar-refractivity contribution in [3.05, 3.63) is 17.6 Å². The first-order valence-corrected chi connectivity index (χ1v) is 9.82. The van der Waals surface area contributed by atoms with E-state index in [1.165, 1.54) is 12.8 Å². The number of carbonyl (C=O) groups is 1. The summed E-state index contributed by atoms with van der Waals surface area (Å²) in [6.45, 7) is 6.80. The minimum Gasteiger partial charge on any atom is -0.353 e. The van der Waals surface area contributed by atoms with Crippen LogP contribution in [0.5, 0.6) is 0 Å². The zero-order valence-corrected chi connectivity index (χ0v) is 17.3. The second-order valence-corrected chi connectivity index (χ2v) is 7.59. The molecule has 28 heavy (non-hydrogen) atoms. The molecule has 4 heterocycles. The van der Waals surface area contributed by atoms with Crippen LogP contribution >= 0.6 is 12.4 Å². The number of rotatable bonds is 5. The average molecular weight is 409 g/mol. The molecule has 1 atom stereocenters. The number of aryl methyl sites for hydroxylation is 1. The van der Waals surface area contributed by atoms with Gasteiger partial charge in [0, 0.05) is 26.7 Å². The number of anilines is 2. The van der Waals surface area contributed by atoms with E-state index in [1.54, 1.807) is 10.9 Å². The molecule has 1 amide bonds. The quantitative estimate of drug-likeness (QED) is 0.780. The Morgan fingerprint density at radius 3 is 2.82 bits per heavy atom. The number of nitrogens with one attached hydrogen (secondary N) is 2. The molecule has 154 valence electrons. The molecule has 0 aliphatic carbocycles. The molecule has 0 spiro atoms. The molecule has 9 nitrogen and oxygen atoms in total. The van der Waals surface area contributed by atoms with Gasteiger partial charge in [0.05, 0.1) is 11.9 Å². The van der Waals surface area contributed by atoms with Crippen LogP contribution in [0.3, 0.4) is 0 Å². The summed E-state index contributed by atoms with van der Waals surface area (Å²) in [5, 5.41) is 19.3. The number of aromatic nitrogens is 5. The SMILES string of the molecule is Cc1c(NC(=O)c2cn(CC3CCCNC3)nn2)c(N2CCCC2)nn1C.Cl. The fourth-order valence-corrected chi connectivity index (χ4v) is 3.90. The van der Waals surface area contributed by atoms with Gasteiger partial charge in [-0.25, -0.2) is 0 Å². The Hall–Kier alpha value is -2.13. The highest BCUT2D eigenvalue weighted by atomic mass is 35.5. The van der Waals surface area contributed by atoms with Gasteiger partial charge in [0.25, 0.3) is 5.91 Å². The Labute approximate surface area is 171 Å². The van der Waals surface area contributed by atoms with Gasteiger partial charge in [-0.3, -0.25) is 14.2 Å². The number of carbonyl (C=O) groups excluding carboxylic acids is 1. The minimum atomic E-state index is -0.237. The number of nitrogens with zero attached hydrogens (tertiary/aromatic N) is 6. The van der Waals surface area contributed by atoms with Crippen LogP contribution in [0.15, 0.2) is 6.20 Å². The molecular weight excluding hydrogens is 380 g/mol. The summed E-state index contributed by atoms with van der Waals surface area (Å²) < 4.78 is 3.60. The van der Waals surface area contributed by atoms with Gasteiger partial charge in [-0.1, -0.05) is 5.21 Å². The van der Waals surface area contributed by atoms with Gasteiger partial charge in [-0.2, -0.15) is 5.10 Å². The van der Waals surface area contributed by atoms with Crippen molar-refractivity contribution < 1.29 is 4.79 Å². The summed E-state index contributed by atoms with van der Waals surface area (Å²) in [6.07, 6.45) is 6.43. The lowest BCUT2D eigenvalue weighted by atomic mass is 10.00. The van der Waals surface area contributed by atoms with E-state index >= 15 is 0 Å². The van der Waals surface area contributed by atoms with Gasteiger partial charge < -0.3 is 15.5 Å². The molecule has 0 saturated carbocycles. The van der Waals surface area contributed by atoms with Gasteiger partial charge in [0.2, 0.25) is 0 Å². The predicted molar refractivity (Wildman–Crippen MR) is 110 cm³/mol. The van der Waals surface area contributed by atoms with Crippen LogP contribution in [0.4, 0.5) is 11.5 Å². The van der Waals surface area contributed by atoms with Crippen molar-refractivity contribution >= 4 is 29.8 Å². The molecule has 2 aromatic rings. The third-order valence-electron chi connectivity index (χ3n) is 5.58. The van der Waals surface area contributed by atoms with Crippen molar-refractivity contribution in [2.45, 2.75) is 39.2 Å². The summed E-state index contributed by atoms with van der Waals surface area (Å²) in [6, 6.07) is 0. The van der Waals surface area contributed by atoms with Crippen LogP contribution < -0.4 is 15.5 Å². The van der Waals surface area contributed by atoms with E-state index in [0.29, 0.717) is 11.6 Å². The van der Waals surface area contributed by atoms with Gasteiger partial charge in [0.1, 0.15) is 5.69 Å². The minimum absolute atomic E-state index is 0. The van der Waals surface area contributed by atoms with Crippen LogP contribution in [0.25, 0.3) is 0 Å². The number of hydrogen-bond donors (Lipinski definition) is 2. The summed E-state index contributed by atoms with van der Waals surface area (Å²) in [5.41, 5.74) is 2.05.